The fourth-order valence-corrected chi connectivity index (χ4v) is 5.54. The van der Waals surface area contributed by atoms with Crippen LogP contribution in [0.15, 0.2) is 11.9 Å². The highest BCUT2D eigenvalue weighted by Gasteiger charge is 2.44. The van der Waals surface area contributed by atoms with Gasteiger partial charge >= 0.3 is 0 Å². The third kappa shape index (κ3) is 3.64. The van der Waals surface area contributed by atoms with E-state index in [1.165, 1.54) is 5.82 Å². The molecule has 8 nitrogen and oxygen atoms in total. The molecular weight excluding hydrogens is 363 g/mol. The van der Waals surface area contributed by atoms with Crippen molar-refractivity contribution in [2.75, 3.05) is 45.9 Å². The van der Waals surface area contributed by atoms with E-state index in [2.05, 4.69) is 37.4 Å². The van der Waals surface area contributed by atoms with Gasteiger partial charge in [-0.05, 0) is 25.3 Å². The normalized spacial score (nSPS) is 44.9. The molecule has 5 heterocycles. The molecular formula is C19H33FN6O2. The molecule has 0 aromatic rings. The summed E-state index contributed by atoms with van der Waals surface area (Å²) in [4.78, 5) is 2.45. The lowest BCUT2D eigenvalue weighted by Gasteiger charge is -2.44. The number of alkyl halides is 1. The molecule has 28 heavy (non-hydrogen) atoms. The highest BCUT2D eigenvalue weighted by Crippen LogP contribution is 2.35. The lowest BCUT2D eigenvalue weighted by atomic mass is 9.87. The molecule has 0 radical (unpaired) electrons. The molecule has 6 unspecified atom stereocenters. The highest BCUT2D eigenvalue weighted by molar-refractivity contribution is 5.12. The van der Waals surface area contributed by atoms with Gasteiger partial charge in [0.2, 0.25) is 0 Å². The second-order valence-corrected chi connectivity index (χ2v) is 8.83. The number of ether oxygens (including phenoxy) is 1. The molecule has 0 saturated carbocycles. The summed E-state index contributed by atoms with van der Waals surface area (Å²) in [5, 5.41) is 23.0. The number of aliphatic hydroxyl groups is 1. The van der Waals surface area contributed by atoms with Crippen LogP contribution < -0.4 is 21.4 Å². The van der Waals surface area contributed by atoms with Crippen molar-refractivity contribution >= 4 is 0 Å². The van der Waals surface area contributed by atoms with E-state index >= 15 is 0 Å². The number of fused-ring (bicyclic) bond motifs is 5. The van der Waals surface area contributed by atoms with Crippen molar-refractivity contribution in [2.45, 2.75) is 50.0 Å². The summed E-state index contributed by atoms with van der Waals surface area (Å²) in [5.74, 6) is 1.68. The Morgan fingerprint density at radius 1 is 1.21 bits per heavy atom. The van der Waals surface area contributed by atoms with E-state index in [9.17, 15) is 9.50 Å². The van der Waals surface area contributed by atoms with E-state index in [-0.39, 0.29) is 31.0 Å². The molecule has 5 aliphatic rings. The van der Waals surface area contributed by atoms with Gasteiger partial charge in [-0.1, -0.05) is 0 Å². The largest absolute Gasteiger partial charge is 0.389 e. The minimum Gasteiger partial charge on any atom is -0.389 e. The lowest BCUT2D eigenvalue weighted by Crippen LogP contribution is -2.58. The SMILES string of the molecule is OC1CNCC2CNN3CC=C(NC23)N2CCC[C@@H]2C2CC(F)CNC2OC1. The maximum atomic E-state index is 14.3. The van der Waals surface area contributed by atoms with Crippen LogP contribution in [0.25, 0.3) is 0 Å². The Hall–Kier alpha value is -0.970. The Morgan fingerprint density at radius 2 is 2.14 bits per heavy atom. The first kappa shape index (κ1) is 19.0. The first-order valence-corrected chi connectivity index (χ1v) is 10.8. The van der Waals surface area contributed by atoms with E-state index in [1.807, 2.05) is 0 Å². The number of rotatable bonds is 0. The third-order valence-corrected chi connectivity index (χ3v) is 6.93. The van der Waals surface area contributed by atoms with Gasteiger partial charge in [0.15, 0.2) is 0 Å². The molecule has 9 heteroatoms. The Bertz CT molecular complexity index is 595. The van der Waals surface area contributed by atoms with Crippen LogP contribution in [-0.2, 0) is 4.74 Å². The number of aliphatic hydroxyl groups excluding tert-OH is 1. The van der Waals surface area contributed by atoms with Gasteiger partial charge in [0.05, 0.1) is 18.9 Å². The number of piperidine rings is 1. The standard InChI is InChI=1S/C19H33FN6O2/c20-13-6-15-16-2-1-4-25(16)17-3-5-26-18(24-17)12(8-23-26)7-21-10-14(27)11-28-19(15)22-9-13/h3,12-16,18-19,21-24,27H,1-2,4-11H2/t12?,13?,14?,15?,16-,18?,19?/m1/s1. The fourth-order valence-electron chi connectivity index (χ4n) is 5.54. The summed E-state index contributed by atoms with van der Waals surface area (Å²) in [7, 11) is 0. The predicted molar refractivity (Wildman–Crippen MR) is 103 cm³/mol. The molecule has 0 aliphatic carbocycles. The van der Waals surface area contributed by atoms with Crippen molar-refractivity contribution in [3.63, 3.8) is 0 Å². The lowest BCUT2D eigenvalue weighted by molar-refractivity contribution is -0.0873. The van der Waals surface area contributed by atoms with Crippen LogP contribution in [0, 0.1) is 11.8 Å². The van der Waals surface area contributed by atoms with Crippen molar-refractivity contribution < 1.29 is 14.2 Å². The Kier molecular flexibility index (Phi) is 5.46. The molecule has 5 N–H and O–H groups in total. The van der Waals surface area contributed by atoms with Crippen LogP contribution in [-0.4, -0.2) is 91.6 Å². The van der Waals surface area contributed by atoms with Gasteiger partial charge in [-0.2, -0.15) is 0 Å². The maximum Gasteiger partial charge on any atom is 0.113 e. The van der Waals surface area contributed by atoms with Crippen molar-refractivity contribution in [1.29, 1.82) is 0 Å². The van der Waals surface area contributed by atoms with Crippen LogP contribution in [0.4, 0.5) is 4.39 Å². The van der Waals surface area contributed by atoms with Gasteiger partial charge in [0.25, 0.3) is 0 Å². The van der Waals surface area contributed by atoms with E-state index in [0.717, 1.165) is 39.0 Å². The van der Waals surface area contributed by atoms with Gasteiger partial charge in [0, 0.05) is 57.1 Å². The molecule has 0 amide bonds. The van der Waals surface area contributed by atoms with Gasteiger partial charge in [-0.3, -0.25) is 10.7 Å². The van der Waals surface area contributed by atoms with E-state index < -0.39 is 12.3 Å². The first-order valence-electron chi connectivity index (χ1n) is 10.8. The molecule has 5 aliphatic heterocycles. The van der Waals surface area contributed by atoms with Gasteiger partial charge < -0.3 is 25.4 Å². The molecule has 0 aromatic heterocycles. The number of hydrogen-bond acceptors (Lipinski definition) is 8. The van der Waals surface area contributed by atoms with Crippen LogP contribution in [0.2, 0.25) is 0 Å². The van der Waals surface area contributed by atoms with Gasteiger partial charge in [0.1, 0.15) is 18.2 Å². The summed E-state index contributed by atoms with van der Waals surface area (Å²) in [6, 6.07) is 0.257. The quantitative estimate of drug-likeness (QED) is 0.354. The van der Waals surface area contributed by atoms with Crippen molar-refractivity contribution in [3.05, 3.63) is 11.9 Å². The highest BCUT2D eigenvalue weighted by atomic mass is 19.1. The minimum absolute atomic E-state index is 0.0765. The van der Waals surface area contributed by atoms with E-state index in [4.69, 9.17) is 4.74 Å². The second kappa shape index (κ2) is 8.04. The van der Waals surface area contributed by atoms with Gasteiger partial charge in [-0.25, -0.2) is 9.40 Å². The smallest absolute Gasteiger partial charge is 0.113 e. The Balaban J connectivity index is 1.42. The monoisotopic (exact) mass is 396 g/mol. The van der Waals surface area contributed by atoms with Crippen molar-refractivity contribution in [1.82, 2.24) is 31.3 Å². The van der Waals surface area contributed by atoms with Crippen molar-refractivity contribution in [2.24, 2.45) is 11.8 Å². The zero-order valence-electron chi connectivity index (χ0n) is 16.3. The number of β-amino-alcohol motifs (C(OH)–C–C–N with tert-alkyl or cyclic N) is 1. The van der Waals surface area contributed by atoms with Crippen LogP contribution in [0.3, 0.4) is 0 Å². The number of nitrogens with zero attached hydrogens (tertiary/aromatic N) is 2. The number of halogens is 1. The zero-order valence-corrected chi connectivity index (χ0v) is 16.3. The molecule has 7 atom stereocenters. The molecule has 158 valence electrons. The van der Waals surface area contributed by atoms with Crippen LogP contribution in [0.5, 0.6) is 0 Å². The summed E-state index contributed by atoms with van der Waals surface area (Å²) in [5.41, 5.74) is 3.48. The van der Waals surface area contributed by atoms with E-state index in [1.54, 1.807) is 0 Å². The minimum atomic E-state index is -0.843. The maximum absolute atomic E-state index is 14.3. The predicted octanol–water partition coefficient (Wildman–Crippen LogP) is -1.09. The second-order valence-electron chi connectivity index (χ2n) is 8.83. The summed E-state index contributed by atoms with van der Waals surface area (Å²) in [6.07, 6.45) is 3.56. The molecule has 2 bridgehead atoms. The summed E-state index contributed by atoms with van der Waals surface area (Å²) >= 11 is 0. The van der Waals surface area contributed by atoms with Crippen molar-refractivity contribution in [3.8, 4) is 0 Å². The molecule has 0 aromatic carbocycles. The average Bonchev–Trinajstić information content (AvgIpc) is 3.33. The topological polar surface area (TPSA) is 84.1 Å². The molecule has 4 fully saturated rings. The Morgan fingerprint density at radius 3 is 3.07 bits per heavy atom. The number of nitrogens with one attached hydrogen (secondary N) is 4. The third-order valence-electron chi connectivity index (χ3n) is 6.93. The van der Waals surface area contributed by atoms with E-state index in [0.29, 0.717) is 25.4 Å². The van der Waals surface area contributed by atoms with Crippen LogP contribution >= 0.6 is 0 Å². The molecule has 5 rings (SSSR count). The fraction of sp³-hybridized carbons (Fsp3) is 0.895. The van der Waals surface area contributed by atoms with Gasteiger partial charge in [-0.15, -0.1) is 0 Å². The number of hydrogen-bond donors (Lipinski definition) is 5. The first-order chi connectivity index (χ1) is 13.7. The van der Waals surface area contributed by atoms with Crippen LogP contribution in [0.1, 0.15) is 19.3 Å². The average molecular weight is 397 g/mol. The summed E-state index contributed by atoms with van der Waals surface area (Å²) < 4.78 is 20.4. The zero-order chi connectivity index (χ0) is 19.1. The number of hydrazine groups is 1. The Labute approximate surface area is 165 Å². The summed E-state index contributed by atoms with van der Waals surface area (Å²) in [6.45, 7) is 4.71. The molecule has 0 spiro atoms. The molecule has 4 saturated heterocycles.